The third-order valence-electron chi connectivity index (χ3n) is 4.10. The first kappa shape index (κ1) is 15.7. The third kappa shape index (κ3) is 4.71. The molecule has 2 nitrogen and oxygen atoms in total. The predicted molar refractivity (Wildman–Crippen MR) is 87.8 cm³/mol. The van der Waals surface area contributed by atoms with Crippen molar-refractivity contribution in [1.29, 1.82) is 0 Å². The van der Waals surface area contributed by atoms with E-state index < -0.39 is 0 Å². The van der Waals surface area contributed by atoms with Crippen LogP contribution in [0.4, 0.5) is 0 Å². The number of hydrogen-bond acceptors (Lipinski definition) is 3. The van der Waals surface area contributed by atoms with Crippen LogP contribution in [0.15, 0.2) is 29.2 Å². The number of methoxy groups -OCH3 is 1. The summed E-state index contributed by atoms with van der Waals surface area (Å²) in [6.07, 6.45) is 6.85. The van der Waals surface area contributed by atoms with Crippen LogP contribution < -0.4 is 10.1 Å². The van der Waals surface area contributed by atoms with E-state index in [1.807, 2.05) is 17.8 Å². The molecule has 1 aliphatic rings. The number of thioether (sulfide) groups is 1. The molecule has 0 amide bonds. The summed E-state index contributed by atoms with van der Waals surface area (Å²) in [7, 11) is 1.73. The highest BCUT2D eigenvalue weighted by molar-refractivity contribution is 7.99. The van der Waals surface area contributed by atoms with Gasteiger partial charge in [-0.2, -0.15) is 0 Å². The highest BCUT2D eigenvalue weighted by atomic mass is 32.2. The molecule has 0 bridgehead atoms. The van der Waals surface area contributed by atoms with Crippen LogP contribution in [-0.2, 0) is 0 Å². The van der Waals surface area contributed by atoms with E-state index in [0.29, 0.717) is 6.04 Å². The Morgan fingerprint density at radius 1 is 1.35 bits per heavy atom. The number of ether oxygens (including phenoxy) is 1. The molecule has 112 valence electrons. The molecule has 20 heavy (non-hydrogen) atoms. The second-order valence-corrected chi connectivity index (χ2v) is 6.69. The fourth-order valence-corrected chi connectivity index (χ4v) is 4.06. The zero-order chi connectivity index (χ0) is 14.2. The Hall–Kier alpha value is -0.670. The monoisotopic (exact) mass is 293 g/mol. The van der Waals surface area contributed by atoms with Gasteiger partial charge in [-0.1, -0.05) is 25.8 Å². The SMILES string of the molecule is CCCNC(CSc1cccc(OC)c1)C1CCCC1. The summed E-state index contributed by atoms with van der Waals surface area (Å²) in [6.45, 7) is 3.38. The van der Waals surface area contributed by atoms with Gasteiger partial charge >= 0.3 is 0 Å². The van der Waals surface area contributed by atoms with Crippen molar-refractivity contribution in [1.82, 2.24) is 5.32 Å². The molecule has 1 atom stereocenters. The molecule has 0 aromatic heterocycles. The minimum absolute atomic E-state index is 0.661. The number of rotatable bonds is 8. The maximum absolute atomic E-state index is 5.30. The van der Waals surface area contributed by atoms with Gasteiger partial charge in [-0.25, -0.2) is 0 Å². The van der Waals surface area contributed by atoms with Crippen LogP contribution in [0, 0.1) is 5.92 Å². The smallest absolute Gasteiger partial charge is 0.119 e. The quantitative estimate of drug-likeness (QED) is 0.720. The van der Waals surface area contributed by atoms with Gasteiger partial charge in [0.15, 0.2) is 0 Å². The van der Waals surface area contributed by atoms with Gasteiger partial charge in [0.1, 0.15) is 5.75 Å². The van der Waals surface area contributed by atoms with Crippen molar-refractivity contribution >= 4 is 11.8 Å². The molecule has 1 saturated carbocycles. The zero-order valence-electron chi connectivity index (χ0n) is 12.7. The molecular formula is C17H27NOS. The Bertz CT molecular complexity index is 390. The van der Waals surface area contributed by atoms with Gasteiger partial charge in [0.25, 0.3) is 0 Å². The van der Waals surface area contributed by atoms with E-state index in [0.717, 1.165) is 24.0 Å². The van der Waals surface area contributed by atoms with Crippen molar-refractivity contribution in [2.75, 3.05) is 19.4 Å². The predicted octanol–water partition coefficient (Wildman–Crippen LogP) is 4.35. The minimum Gasteiger partial charge on any atom is -0.497 e. The van der Waals surface area contributed by atoms with Gasteiger partial charge in [0.05, 0.1) is 7.11 Å². The van der Waals surface area contributed by atoms with Crippen molar-refractivity contribution < 1.29 is 4.74 Å². The molecule has 1 fully saturated rings. The fraction of sp³-hybridized carbons (Fsp3) is 0.647. The van der Waals surface area contributed by atoms with E-state index in [-0.39, 0.29) is 0 Å². The normalized spacial score (nSPS) is 17.3. The lowest BCUT2D eigenvalue weighted by Gasteiger charge is -2.24. The Balaban J connectivity index is 1.89. The fourth-order valence-electron chi connectivity index (χ4n) is 2.93. The molecular weight excluding hydrogens is 266 g/mol. The first-order valence-corrected chi connectivity index (χ1v) is 8.82. The molecule has 0 saturated heterocycles. The van der Waals surface area contributed by atoms with E-state index >= 15 is 0 Å². The number of benzene rings is 1. The molecule has 0 spiro atoms. The van der Waals surface area contributed by atoms with Crippen molar-refractivity contribution in [2.24, 2.45) is 5.92 Å². The first-order chi connectivity index (χ1) is 9.83. The Morgan fingerprint density at radius 2 is 2.15 bits per heavy atom. The van der Waals surface area contributed by atoms with Gasteiger partial charge in [-0.05, 0) is 49.9 Å². The lowest BCUT2D eigenvalue weighted by Crippen LogP contribution is -2.37. The van der Waals surface area contributed by atoms with E-state index in [9.17, 15) is 0 Å². The second-order valence-electron chi connectivity index (χ2n) is 5.60. The maximum atomic E-state index is 5.30. The van der Waals surface area contributed by atoms with Crippen molar-refractivity contribution in [3.8, 4) is 5.75 Å². The van der Waals surface area contributed by atoms with Gasteiger partial charge in [0.2, 0.25) is 0 Å². The number of nitrogens with one attached hydrogen (secondary N) is 1. The highest BCUT2D eigenvalue weighted by Crippen LogP contribution is 2.31. The zero-order valence-corrected chi connectivity index (χ0v) is 13.5. The van der Waals surface area contributed by atoms with E-state index in [1.165, 1.54) is 37.0 Å². The summed E-state index contributed by atoms with van der Waals surface area (Å²) in [5.41, 5.74) is 0. The molecule has 1 aromatic carbocycles. The van der Waals surface area contributed by atoms with Gasteiger partial charge in [0, 0.05) is 16.7 Å². The van der Waals surface area contributed by atoms with Crippen molar-refractivity contribution in [3.63, 3.8) is 0 Å². The average Bonchev–Trinajstić information content (AvgIpc) is 3.02. The lowest BCUT2D eigenvalue weighted by molar-refractivity contribution is 0.388. The van der Waals surface area contributed by atoms with Gasteiger partial charge in [-0.3, -0.25) is 0 Å². The second kappa shape index (κ2) is 8.58. The van der Waals surface area contributed by atoms with Crippen molar-refractivity contribution in [2.45, 2.75) is 50.0 Å². The molecule has 1 aromatic rings. The first-order valence-electron chi connectivity index (χ1n) is 7.83. The van der Waals surface area contributed by atoms with Crippen LogP contribution in [-0.4, -0.2) is 25.4 Å². The van der Waals surface area contributed by atoms with E-state index in [1.54, 1.807) is 7.11 Å². The van der Waals surface area contributed by atoms with Crippen LogP contribution in [0.5, 0.6) is 5.75 Å². The highest BCUT2D eigenvalue weighted by Gasteiger charge is 2.24. The molecule has 0 radical (unpaired) electrons. The Morgan fingerprint density at radius 3 is 2.85 bits per heavy atom. The number of hydrogen-bond donors (Lipinski definition) is 1. The maximum Gasteiger partial charge on any atom is 0.119 e. The molecule has 0 heterocycles. The molecule has 3 heteroatoms. The van der Waals surface area contributed by atoms with Crippen LogP contribution in [0.25, 0.3) is 0 Å². The summed E-state index contributed by atoms with van der Waals surface area (Å²) in [5.74, 6) is 2.99. The summed E-state index contributed by atoms with van der Waals surface area (Å²) < 4.78 is 5.30. The molecule has 1 unspecified atom stereocenters. The minimum atomic E-state index is 0.661. The molecule has 2 rings (SSSR count). The van der Waals surface area contributed by atoms with Gasteiger partial charge in [-0.15, -0.1) is 11.8 Å². The standard InChI is InChI=1S/C17H27NOS/c1-3-11-18-17(14-7-4-5-8-14)13-20-16-10-6-9-15(12-16)19-2/h6,9-10,12,14,17-18H,3-5,7-8,11,13H2,1-2H3. The Labute approximate surface area is 127 Å². The topological polar surface area (TPSA) is 21.3 Å². The van der Waals surface area contributed by atoms with Crippen LogP contribution >= 0.6 is 11.8 Å². The van der Waals surface area contributed by atoms with E-state index in [2.05, 4.69) is 30.4 Å². The van der Waals surface area contributed by atoms with Crippen molar-refractivity contribution in [3.05, 3.63) is 24.3 Å². The third-order valence-corrected chi connectivity index (χ3v) is 5.21. The lowest BCUT2D eigenvalue weighted by atomic mass is 10.00. The summed E-state index contributed by atoms with van der Waals surface area (Å²) >= 11 is 1.95. The molecule has 1 N–H and O–H groups in total. The molecule has 1 aliphatic carbocycles. The summed E-state index contributed by atoms with van der Waals surface area (Å²) in [6, 6.07) is 9.06. The van der Waals surface area contributed by atoms with Gasteiger partial charge < -0.3 is 10.1 Å². The Kier molecular flexibility index (Phi) is 6.74. The van der Waals surface area contributed by atoms with Crippen LogP contribution in [0.2, 0.25) is 0 Å². The summed E-state index contributed by atoms with van der Waals surface area (Å²) in [4.78, 5) is 1.31. The summed E-state index contributed by atoms with van der Waals surface area (Å²) in [5, 5.41) is 3.76. The van der Waals surface area contributed by atoms with Crippen LogP contribution in [0.3, 0.4) is 0 Å². The largest absolute Gasteiger partial charge is 0.497 e. The van der Waals surface area contributed by atoms with E-state index in [4.69, 9.17) is 4.74 Å². The average molecular weight is 293 g/mol. The molecule has 0 aliphatic heterocycles. The van der Waals surface area contributed by atoms with Crippen LogP contribution in [0.1, 0.15) is 39.0 Å².